The van der Waals surface area contributed by atoms with Crippen LogP contribution in [0.5, 0.6) is 0 Å². The van der Waals surface area contributed by atoms with Crippen molar-refractivity contribution in [1.82, 2.24) is 29.4 Å². The third kappa shape index (κ3) is 5.30. The van der Waals surface area contributed by atoms with Gasteiger partial charge in [0, 0.05) is 43.2 Å². The molecule has 1 aliphatic rings. The minimum Gasteiger partial charge on any atom is -0.465 e. The quantitative estimate of drug-likeness (QED) is 0.338. The number of esters is 1. The lowest BCUT2D eigenvalue weighted by atomic mass is 9.89. The number of likely N-dealkylation sites (tertiary alicyclic amines) is 1. The summed E-state index contributed by atoms with van der Waals surface area (Å²) in [6.45, 7) is 8.41. The summed E-state index contributed by atoms with van der Waals surface area (Å²) in [6, 6.07) is 5.04. The number of aromatic nitrogens is 5. The standard InChI is InChI=1S/C28H33FN6O4/c1-6-38-23(36)16-35-26-24(25(32-35)17-8-11-34(12-9-17)27(37)39-28(2,3)4)19(7-10-30-26)20-14-22-18(13-21(20)29)15-31-33(22)5/h7,10,13-15,17H,6,8-9,11-12,16H2,1-5H3. The number of nitrogens with zero attached hydrogens (tertiary/aromatic N) is 6. The highest BCUT2D eigenvalue weighted by atomic mass is 19.1. The molecule has 0 N–H and O–H groups in total. The van der Waals surface area contributed by atoms with E-state index in [-0.39, 0.29) is 31.0 Å². The fraction of sp³-hybridized carbons (Fsp3) is 0.464. The molecule has 1 saturated heterocycles. The number of amides is 1. The molecule has 0 unspecified atom stereocenters. The summed E-state index contributed by atoms with van der Waals surface area (Å²) in [5.41, 5.74) is 2.47. The zero-order valence-electron chi connectivity index (χ0n) is 22.9. The maximum Gasteiger partial charge on any atom is 0.410 e. The predicted molar refractivity (Wildman–Crippen MR) is 144 cm³/mol. The Bertz CT molecular complexity index is 1550. The summed E-state index contributed by atoms with van der Waals surface area (Å²) in [5, 5.41) is 10.5. The Kier molecular flexibility index (Phi) is 7.00. The molecule has 1 fully saturated rings. The second-order valence-electron chi connectivity index (χ2n) is 10.8. The molecule has 1 amide bonds. The lowest BCUT2D eigenvalue weighted by Gasteiger charge is -2.33. The molecular formula is C28H33FN6O4. The molecule has 11 heteroatoms. The first-order chi connectivity index (χ1) is 18.6. The van der Waals surface area contributed by atoms with Gasteiger partial charge >= 0.3 is 12.1 Å². The predicted octanol–water partition coefficient (Wildman–Crippen LogP) is 4.80. The third-order valence-corrected chi connectivity index (χ3v) is 6.90. The summed E-state index contributed by atoms with van der Waals surface area (Å²) < 4.78 is 29.4. The molecule has 0 atom stereocenters. The summed E-state index contributed by atoms with van der Waals surface area (Å²) in [7, 11) is 1.81. The number of hydrogen-bond donors (Lipinski definition) is 0. The molecule has 1 aromatic carbocycles. The number of hydrogen-bond acceptors (Lipinski definition) is 7. The molecule has 4 heterocycles. The Morgan fingerprint density at radius 3 is 2.59 bits per heavy atom. The van der Waals surface area contributed by atoms with Gasteiger partial charge in [0.2, 0.25) is 0 Å². The maximum atomic E-state index is 15.5. The van der Waals surface area contributed by atoms with Crippen LogP contribution in [0.2, 0.25) is 0 Å². The smallest absolute Gasteiger partial charge is 0.410 e. The van der Waals surface area contributed by atoms with Crippen LogP contribution in [0.3, 0.4) is 0 Å². The van der Waals surface area contributed by atoms with E-state index in [1.54, 1.807) is 41.0 Å². The molecule has 0 bridgehead atoms. The molecule has 206 valence electrons. The monoisotopic (exact) mass is 536 g/mol. The molecule has 1 aliphatic heterocycles. The van der Waals surface area contributed by atoms with Crippen molar-refractivity contribution in [3.05, 3.63) is 42.1 Å². The summed E-state index contributed by atoms with van der Waals surface area (Å²) >= 11 is 0. The number of carbonyl (C=O) groups is 2. The van der Waals surface area contributed by atoms with E-state index in [0.29, 0.717) is 53.5 Å². The van der Waals surface area contributed by atoms with Gasteiger partial charge in [-0.25, -0.2) is 18.9 Å². The molecule has 39 heavy (non-hydrogen) atoms. The van der Waals surface area contributed by atoms with Crippen LogP contribution in [0, 0.1) is 5.82 Å². The van der Waals surface area contributed by atoms with Crippen LogP contribution in [0.1, 0.15) is 52.1 Å². The van der Waals surface area contributed by atoms with Crippen LogP contribution >= 0.6 is 0 Å². The fourth-order valence-electron chi connectivity index (χ4n) is 5.12. The number of halogens is 1. The van der Waals surface area contributed by atoms with E-state index in [0.717, 1.165) is 11.2 Å². The van der Waals surface area contributed by atoms with Crippen molar-refractivity contribution in [2.45, 2.75) is 58.6 Å². The summed E-state index contributed by atoms with van der Waals surface area (Å²) in [6.07, 6.45) is 4.17. The molecule has 5 rings (SSSR count). The van der Waals surface area contributed by atoms with Crippen molar-refractivity contribution in [3.8, 4) is 11.1 Å². The van der Waals surface area contributed by atoms with E-state index in [1.807, 2.05) is 27.8 Å². The SMILES string of the molecule is CCOC(=O)Cn1nc(C2CCN(C(=O)OC(C)(C)C)CC2)c2c(-c3cc4c(cnn4C)cc3F)ccnc21. The number of rotatable bonds is 5. The van der Waals surface area contributed by atoms with Gasteiger partial charge in [0.25, 0.3) is 0 Å². The first-order valence-electron chi connectivity index (χ1n) is 13.2. The van der Waals surface area contributed by atoms with Crippen LogP contribution < -0.4 is 0 Å². The van der Waals surface area contributed by atoms with Crippen LogP contribution in [-0.4, -0.2) is 66.8 Å². The summed E-state index contributed by atoms with van der Waals surface area (Å²) in [4.78, 5) is 31.3. The van der Waals surface area contributed by atoms with E-state index in [9.17, 15) is 9.59 Å². The van der Waals surface area contributed by atoms with Gasteiger partial charge in [-0.3, -0.25) is 9.48 Å². The van der Waals surface area contributed by atoms with Gasteiger partial charge in [0.05, 0.1) is 29.4 Å². The van der Waals surface area contributed by atoms with Crippen molar-refractivity contribution in [2.24, 2.45) is 7.05 Å². The largest absolute Gasteiger partial charge is 0.465 e. The van der Waals surface area contributed by atoms with Crippen LogP contribution in [-0.2, 0) is 27.9 Å². The minimum atomic E-state index is -0.574. The Morgan fingerprint density at radius 1 is 1.15 bits per heavy atom. The molecule has 0 aliphatic carbocycles. The van der Waals surface area contributed by atoms with Crippen molar-refractivity contribution >= 4 is 34.0 Å². The molecule has 0 saturated carbocycles. The normalized spacial score (nSPS) is 14.8. The maximum absolute atomic E-state index is 15.5. The van der Waals surface area contributed by atoms with Gasteiger partial charge in [-0.2, -0.15) is 10.2 Å². The number of aryl methyl sites for hydroxylation is 1. The second kappa shape index (κ2) is 10.3. The lowest BCUT2D eigenvalue weighted by Crippen LogP contribution is -2.41. The third-order valence-electron chi connectivity index (χ3n) is 6.90. The topological polar surface area (TPSA) is 104 Å². The average molecular weight is 537 g/mol. The second-order valence-corrected chi connectivity index (χ2v) is 10.8. The van der Waals surface area contributed by atoms with Gasteiger partial charge in [0.15, 0.2) is 5.65 Å². The number of pyridine rings is 1. The first-order valence-corrected chi connectivity index (χ1v) is 13.2. The fourth-order valence-corrected chi connectivity index (χ4v) is 5.12. The molecular weight excluding hydrogens is 503 g/mol. The Morgan fingerprint density at radius 2 is 1.90 bits per heavy atom. The highest BCUT2D eigenvalue weighted by Crippen LogP contribution is 2.39. The minimum absolute atomic E-state index is 0.0268. The van der Waals surface area contributed by atoms with Gasteiger partial charge in [-0.1, -0.05) is 0 Å². The van der Waals surface area contributed by atoms with E-state index in [2.05, 4.69) is 10.1 Å². The van der Waals surface area contributed by atoms with Gasteiger partial charge in [0.1, 0.15) is 18.0 Å². The molecule has 0 radical (unpaired) electrons. The lowest BCUT2D eigenvalue weighted by molar-refractivity contribution is -0.143. The number of piperidine rings is 1. The highest BCUT2D eigenvalue weighted by Gasteiger charge is 2.31. The molecule has 0 spiro atoms. The number of benzene rings is 1. The van der Waals surface area contributed by atoms with Crippen molar-refractivity contribution < 1.29 is 23.5 Å². The van der Waals surface area contributed by atoms with Gasteiger partial charge < -0.3 is 14.4 Å². The molecule has 3 aromatic heterocycles. The first kappa shape index (κ1) is 26.6. The number of fused-ring (bicyclic) bond motifs is 2. The Labute approximate surface area is 225 Å². The zero-order valence-corrected chi connectivity index (χ0v) is 22.9. The Balaban J connectivity index is 1.57. The van der Waals surface area contributed by atoms with Crippen LogP contribution in [0.4, 0.5) is 9.18 Å². The van der Waals surface area contributed by atoms with Crippen molar-refractivity contribution in [1.29, 1.82) is 0 Å². The van der Waals surface area contributed by atoms with Crippen LogP contribution in [0.25, 0.3) is 33.1 Å². The van der Waals surface area contributed by atoms with E-state index in [4.69, 9.17) is 14.6 Å². The van der Waals surface area contributed by atoms with Crippen LogP contribution in [0.15, 0.2) is 30.6 Å². The van der Waals surface area contributed by atoms with Crippen molar-refractivity contribution in [2.75, 3.05) is 19.7 Å². The summed E-state index contributed by atoms with van der Waals surface area (Å²) in [5.74, 6) is -0.837. The highest BCUT2D eigenvalue weighted by molar-refractivity contribution is 5.98. The molecule has 10 nitrogen and oxygen atoms in total. The number of carbonyl (C=O) groups excluding carboxylic acids is 2. The Hall–Kier alpha value is -4.02. The number of ether oxygens (including phenoxy) is 2. The molecule has 4 aromatic rings. The van der Waals surface area contributed by atoms with E-state index < -0.39 is 11.6 Å². The zero-order chi connectivity index (χ0) is 27.9. The van der Waals surface area contributed by atoms with E-state index in [1.165, 1.54) is 10.7 Å². The van der Waals surface area contributed by atoms with E-state index >= 15 is 4.39 Å². The average Bonchev–Trinajstić information content (AvgIpc) is 3.43. The van der Waals surface area contributed by atoms with Crippen molar-refractivity contribution in [3.63, 3.8) is 0 Å². The van der Waals surface area contributed by atoms with Gasteiger partial charge in [-0.05, 0) is 64.3 Å². The van der Waals surface area contributed by atoms with Gasteiger partial charge in [-0.15, -0.1) is 0 Å².